The summed E-state index contributed by atoms with van der Waals surface area (Å²) in [5.74, 6) is -0.531. The first kappa shape index (κ1) is 20.0. The number of amides is 2. The van der Waals surface area contributed by atoms with Gasteiger partial charge in [0.05, 0.1) is 11.4 Å². The first-order chi connectivity index (χ1) is 14.3. The number of imide groups is 1. The van der Waals surface area contributed by atoms with Crippen molar-refractivity contribution in [3.8, 4) is 11.4 Å². The van der Waals surface area contributed by atoms with Crippen LogP contribution in [0.2, 0.25) is 0 Å². The fourth-order valence-electron chi connectivity index (χ4n) is 3.48. The van der Waals surface area contributed by atoms with Gasteiger partial charge in [0.25, 0.3) is 11.1 Å². The van der Waals surface area contributed by atoms with Gasteiger partial charge in [0.15, 0.2) is 0 Å². The van der Waals surface area contributed by atoms with Gasteiger partial charge >= 0.3 is 0 Å². The second-order valence-corrected chi connectivity index (χ2v) is 8.07. The van der Waals surface area contributed by atoms with Crippen LogP contribution in [0.4, 0.5) is 9.18 Å². The maximum Gasteiger partial charge on any atom is 0.293 e. The summed E-state index contributed by atoms with van der Waals surface area (Å²) >= 11 is 0.903. The highest BCUT2D eigenvalue weighted by molar-refractivity contribution is 8.18. The van der Waals surface area contributed by atoms with E-state index >= 15 is 0 Å². The number of benzene rings is 2. The molecule has 0 saturated carbocycles. The highest BCUT2D eigenvalue weighted by Crippen LogP contribution is 2.34. The molecule has 0 radical (unpaired) electrons. The average Bonchev–Trinajstić information content (AvgIpc) is 3.14. The average molecular weight is 422 g/mol. The van der Waals surface area contributed by atoms with Crippen LogP contribution in [0.15, 0.2) is 59.5 Å². The van der Waals surface area contributed by atoms with Crippen LogP contribution in [0.3, 0.4) is 0 Å². The van der Waals surface area contributed by atoms with E-state index in [1.807, 2.05) is 36.6 Å². The van der Waals surface area contributed by atoms with E-state index in [-0.39, 0.29) is 29.3 Å². The van der Waals surface area contributed by atoms with Crippen LogP contribution >= 0.6 is 11.8 Å². The van der Waals surface area contributed by atoms with Crippen LogP contribution < -0.4 is 0 Å². The van der Waals surface area contributed by atoms with Gasteiger partial charge in [0.1, 0.15) is 11.6 Å². The van der Waals surface area contributed by atoms with Gasteiger partial charge in [-0.15, -0.1) is 0 Å². The van der Waals surface area contributed by atoms with Crippen LogP contribution in [0, 0.1) is 19.7 Å². The zero-order chi connectivity index (χ0) is 21.4. The number of aryl methyl sites for hydroxylation is 1. The van der Waals surface area contributed by atoms with Gasteiger partial charge in [-0.3, -0.25) is 14.5 Å². The monoisotopic (exact) mass is 422 g/mol. The van der Waals surface area contributed by atoms with E-state index in [0.717, 1.165) is 34.4 Å². The maximum absolute atomic E-state index is 13.1. The zero-order valence-corrected chi connectivity index (χ0v) is 17.2. The molecule has 30 heavy (non-hydrogen) atoms. The molecule has 3 aromatic rings. The van der Waals surface area contributed by atoms with Gasteiger partial charge in [-0.1, -0.05) is 12.1 Å². The van der Waals surface area contributed by atoms with Gasteiger partial charge in [-0.25, -0.2) is 4.39 Å². The second kappa shape index (κ2) is 7.84. The number of rotatable bonds is 4. The predicted molar refractivity (Wildman–Crippen MR) is 115 cm³/mol. The molecule has 1 aromatic heterocycles. The van der Waals surface area contributed by atoms with Gasteiger partial charge in [-0.2, -0.15) is 0 Å². The van der Waals surface area contributed by atoms with Crippen molar-refractivity contribution >= 4 is 29.0 Å². The molecule has 152 valence electrons. The lowest BCUT2D eigenvalue weighted by molar-refractivity contribution is -0.123. The van der Waals surface area contributed by atoms with E-state index in [9.17, 15) is 19.1 Å². The molecule has 1 aliphatic rings. The van der Waals surface area contributed by atoms with Crippen molar-refractivity contribution in [2.24, 2.45) is 0 Å². The number of phenolic OH excluding ortho intramolecular Hbond substituents is 1. The third-order valence-electron chi connectivity index (χ3n) is 4.99. The number of hydrogen-bond acceptors (Lipinski definition) is 4. The molecule has 4 rings (SSSR count). The molecule has 2 heterocycles. The van der Waals surface area contributed by atoms with Crippen LogP contribution in [0.5, 0.6) is 5.75 Å². The van der Waals surface area contributed by atoms with Crippen LogP contribution in [-0.4, -0.2) is 25.7 Å². The van der Waals surface area contributed by atoms with E-state index in [1.165, 1.54) is 17.0 Å². The Morgan fingerprint density at radius 3 is 2.37 bits per heavy atom. The van der Waals surface area contributed by atoms with E-state index in [4.69, 9.17) is 0 Å². The van der Waals surface area contributed by atoms with Crippen molar-refractivity contribution in [1.29, 1.82) is 0 Å². The number of phenols is 1. The smallest absolute Gasteiger partial charge is 0.293 e. The molecule has 0 atom stereocenters. The van der Waals surface area contributed by atoms with E-state index < -0.39 is 0 Å². The molecular formula is C23H19FN2O3S. The lowest BCUT2D eigenvalue weighted by Gasteiger charge is -2.12. The minimum Gasteiger partial charge on any atom is -0.508 e. The summed E-state index contributed by atoms with van der Waals surface area (Å²) in [6, 6.07) is 14.6. The standard InChI is InChI=1S/C23H19FN2O3S/c1-14-11-17(15(2)26(14)19-7-9-20(27)10-8-19)12-21-22(28)25(23(29)30-21)13-16-3-5-18(24)6-4-16/h3-12,27H,13H2,1-2H3/b21-12-. The molecule has 0 spiro atoms. The first-order valence-corrected chi connectivity index (χ1v) is 10.1. The fourth-order valence-corrected chi connectivity index (χ4v) is 4.31. The number of thioether (sulfide) groups is 1. The molecule has 2 amide bonds. The summed E-state index contributed by atoms with van der Waals surface area (Å²) in [7, 11) is 0. The van der Waals surface area contributed by atoms with Crippen molar-refractivity contribution in [1.82, 2.24) is 9.47 Å². The van der Waals surface area contributed by atoms with E-state index in [0.29, 0.717) is 10.5 Å². The Labute approximate surface area is 177 Å². The van der Waals surface area contributed by atoms with Crippen molar-refractivity contribution < 1.29 is 19.1 Å². The lowest BCUT2D eigenvalue weighted by Crippen LogP contribution is -2.27. The maximum atomic E-state index is 13.1. The van der Waals surface area contributed by atoms with Crippen molar-refractivity contribution in [3.05, 3.63) is 87.8 Å². The summed E-state index contributed by atoms with van der Waals surface area (Å²) in [5.41, 5.74) is 4.31. The third-order valence-corrected chi connectivity index (χ3v) is 5.90. The van der Waals surface area contributed by atoms with Gasteiger partial charge in [0, 0.05) is 17.1 Å². The lowest BCUT2D eigenvalue weighted by atomic mass is 10.2. The largest absolute Gasteiger partial charge is 0.508 e. The van der Waals surface area contributed by atoms with Gasteiger partial charge < -0.3 is 9.67 Å². The fraction of sp³-hybridized carbons (Fsp3) is 0.130. The minimum absolute atomic E-state index is 0.106. The molecule has 0 aliphatic carbocycles. The Morgan fingerprint density at radius 1 is 1.03 bits per heavy atom. The van der Waals surface area contributed by atoms with Gasteiger partial charge in [0.2, 0.25) is 0 Å². The number of aromatic hydroxyl groups is 1. The van der Waals surface area contributed by atoms with Crippen molar-refractivity contribution in [2.75, 3.05) is 0 Å². The Balaban J connectivity index is 1.61. The molecule has 1 N–H and O–H groups in total. The molecule has 0 unspecified atom stereocenters. The highest BCUT2D eigenvalue weighted by atomic mass is 32.2. The van der Waals surface area contributed by atoms with Crippen LogP contribution in [0.1, 0.15) is 22.5 Å². The normalized spacial score (nSPS) is 15.4. The molecule has 1 saturated heterocycles. The first-order valence-electron chi connectivity index (χ1n) is 9.31. The number of aromatic nitrogens is 1. The molecule has 7 heteroatoms. The van der Waals surface area contributed by atoms with E-state index in [2.05, 4.69) is 0 Å². The molecule has 1 aliphatic heterocycles. The summed E-state index contributed by atoms with van der Waals surface area (Å²) in [6.45, 7) is 4.00. The van der Waals surface area contributed by atoms with Crippen LogP contribution in [-0.2, 0) is 11.3 Å². The minimum atomic E-state index is -0.364. The predicted octanol–water partition coefficient (Wildman–Crippen LogP) is 5.18. The number of nitrogens with zero attached hydrogens (tertiary/aromatic N) is 2. The van der Waals surface area contributed by atoms with Crippen LogP contribution in [0.25, 0.3) is 11.8 Å². The van der Waals surface area contributed by atoms with Crippen molar-refractivity contribution in [3.63, 3.8) is 0 Å². The molecule has 0 bridgehead atoms. The Bertz CT molecular complexity index is 1160. The number of hydrogen-bond donors (Lipinski definition) is 1. The summed E-state index contributed by atoms with van der Waals surface area (Å²) in [6.07, 6.45) is 1.73. The molecule has 2 aromatic carbocycles. The Morgan fingerprint density at radius 2 is 1.70 bits per heavy atom. The Hall–Kier alpha value is -3.32. The highest BCUT2D eigenvalue weighted by Gasteiger charge is 2.35. The number of halogens is 1. The van der Waals surface area contributed by atoms with Gasteiger partial charge in [-0.05, 0) is 85.3 Å². The molecule has 5 nitrogen and oxygen atoms in total. The summed E-state index contributed by atoms with van der Waals surface area (Å²) < 4.78 is 15.1. The SMILES string of the molecule is Cc1cc(/C=C2\SC(=O)N(Cc3ccc(F)cc3)C2=O)c(C)n1-c1ccc(O)cc1. The van der Waals surface area contributed by atoms with Crippen molar-refractivity contribution in [2.45, 2.75) is 20.4 Å². The quantitative estimate of drug-likeness (QED) is 0.589. The third kappa shape index (κ3) is 3.76. The molecular weight excluding hydrogens is 403 g/mol. The van der Waals surface area contributed by atoms with E-state index in [1.54, 1.807) is 30.3 Å². The number of carbonyl (C=O) groups excluding carboxylic acids is 2. The zero-order valence-electron chi connectivity index (χ0n) is 16.4. The molecule has 1 fully saturated rings. The Kier molecular flexibility index (Phi) is 5.22. The topological polar surface area (TPSA) is 62.5 Å². The number of carbonyl (C=O) groups is 2. The summed E-state index contributed by atoms with van der Waals surface area (Å²) in [4.78, 5) is 26.7. The summed E-state index contributed by atoms with van der Waals surface area (Å²) in [5, 5.41) is 9.18. The second-order valence-electron chi connectivity index (χ2n) is 7.07.